The van der Waals surface area contributed by atoms with Crippen LogP contribution in [0.2, 0.25) is 0 Å². The zero-order valence-corrected chi connectivity index (χ0v) is 10.3. The van der Waals surface area contributed by atoms with Crippen molar-refractivity contribution in [2.45, 2.75) is 44.8 Å². The van der Waals surface area contributed by atoms with Crippen LogP contribution in [-0.2, 0) is 4.79 Å². The molecule has 0 aliphatic carbocycles. The molecule has 0 spiro atoms. The van der Waals surface area contributed by atoms with E-state index in [1.807, 2.05) is 18.7 Å². The van der Waals surface area contributed by atoms with Crippen LogP contribution in [0, 0.1) is 0 Å². The van der Waals surface area contributed by atoms with Gasteiger partial charge in [0.05, 0.1) is 11.6 Å². The first kappa shape index (κ1) is 11.9. The van der Waals surface area contributed by atoms with Crippen LogP contribution in [-0.4, -0.2) is 58.6 Å². The van der Waals surface area contributed by atoms with Crippen LogP contribution in [0.1, 0.15) is 33.1 Å². The van der Waals surface area contributed by atoms with E-state index in [9.17, 15) is 9.90 Å². The maximum absolute atomic E-state index is 12.1. The van der Waals surface area contributed by atoms with E-state index in [1.165, 1.54) is 0 Å². The monoisotopic (exact) mass is 226 g/mol. The van der Waals surface area contributed by atoms with Crippen molar-refractivity contribution < 1.29 is 9.90 Å². The number of amides is 1. The Kier molecular flexibility index (Phi) is 3.22. The summed E-state index contributed by atoms with van der Waals surface area (Å²) in [6.45, 7) is 7.05. The minimum Gasteiger partial charge on any atom is -0.387 e. The summed E-state index contributed by atoms with van der Waals surface area (Å²) < 4.78 is 0. The molecule has 0 radical (unpaired) electrons. The molecule has 1 unspecified atom stereocenters. The van der Waals surface area contributed by atoms with E-state index in [-0.39, 0.29) is 11.9 Å². The van der Waals surface area contributed by atoms with Gasteiger partial charge in [-0.2, -0.15) is 0 Å². The fourth-order valence-corrected chi connectivity index (χ4v) is 2.57. The van der Waals surface area contributed by atoms with Crippen LogP contribution in [0.15, 0.2) is 0 Å². The third kappa shape index (κ3) is 2.09. The standard InChI is InChI=1S/C12H22N2O2/c1-3-12(16)8-14(9-12)10(2)11(15)13-6-4-5-7-13/h10,16H,3-9H2,1-2H3. The Morgan fingerprint density at radius 1 is 1.38 bits per heavy atom. The lowest BCUT2D eigenvalue weighted by Gasteiger charge is -2.49. The second kappa shape index (κ2) is 4.34. The third-order valence-electron chi connectivity index (χ3n) is 3.98. The van der Waals surface area contributed by atoms with Crippen molar-refractivity contribution in [2.24, 2.45) is 0 Å². The molecule has 2 rings (SSSR count). The van der Waals surface area contributed by atoms with Crippen LogP contribution >= 0.6 is 0 Å². The average Bonchev–Trinajstić information content (AvgIpc) is 2.76. The molecule has 16 heavy (non-hydrogen) atoms. The first-order chi connectivity index (χ1) is 7.56. The molecule has 0 aromatic rings. The number of carbonyl (C=O) groups is 1. The molecule has 2 aliphatic heterocycles. The van der Waals surface area contributed by atoms with Crippen molar-refractivity contribution in [3.05, 3.63) is 0 Å². The maximum Gasteiger partial charge on any atom is 0.239 e. The summed E-state index contributed by atoms with van der Waals surface area (Å²) in [7, 11) is 0. The van der Waals surface area contributed by atoms with Gasteiger partial charge in [-0.1, -0.05) is 6.92 Å². The Bertz CT molecular complexity index is 268. The summed E-state index contributed by atoms with van der Waals surface area (Å²) in [5, 5.41) is 9.92. The van der Waals surface area contributed by atoms with Gasteiger partial charge in [-0.25, -0.2) is 0 Å². The molecule has 1 amide bonds. The predicted molar refractivity (Wildman–Crippen MR) is 62.1 cm³/mol. The molecule has 2 aliphatic rings. The molecule has 4 nitrogen and oxygen atoms in total. The van der Waals surface area contributed by atoms with E-state index in [0.717, 1.165) is 32.4 Å². The zero-order chi connectivity index (χ0) is 11.8. The topological polar surface area (TPSA) is 43.8 Å². The highest BCUT2D eigenvalue weighted by atomic mass is 16.3. The van der Waals surface area contributed by atoms with Gasteiger partial charge in [0.1, 0.15) is 0 Å². The second-order valence-corrected chi connectivity index (χ2v) is 5.19. The molecule has 2 saturated heterocycles. The van der Waals surface area contributed by atoms with E-state index in [1.54, 1.807) is 0 Å². The number of hydrogen-bond acceptors (Lipinski definition) is 3. The fraction of sp³-hybridized carbons (Fsp3) is 0.917. The van der Waals surface area contributed by atoms with Crippen LogP contribution in [0.25, 0.3) is 0 Å². The fourth-order valence-electron chi connectivity index (χ4n) is 2.57. The Morgan fingerprint density at radius 3 is 2.44 bits per heavy atom. The number of β-amino-alcohol motifs (C(OH)–C–C–N with tert-alkyl or cyclic N) is 1. The molecule has 4 heteroatoms. The highest BCUT2D eigenvalue weighted by molar-refractivity contribution is 5.81. The quantitative estimate of drug-likeness (QED) is 0.760. The number of hydrogen-bond donors (Lipinski definition) is 1. The number of nitrogens with zero attached hydrogens (tertiary/aromatic N) is 2. The van der Waals surface area contributed by atoms with E-state index in [2.05, 4.69) is 4.90 Å². The van der Waals surface area contributed by atoms with E-state index < -0.39 is 5.60 Å². The molecule has 0 aromatic heterocycles. The summed E-state index contributed by atoms with van der Waals surface area (Å²) >= 11 is 0. The van der Waals surface area contributed by atoms with Gasteiger partial charge < -0.3 is 10.0 Å². The second-order valence-electron chi connectivity index (χ2n) is 5.19. The van der Waals surface area contributed by atoms with Gasteiger partial charge in [0.2, 0.25) is 5.91 Å². The Labute approximate surface area is 97.2 Å². The van der Waals surface area contributed by atoms with Crippen molar-refractivity contribution in [3.8, 4) is 0 Å². The smallest absolute Gasteiger partial charge is 0.239 e. The van der Waals surface area contributed by atoms with Crippen molar-refractivity contribution in [3.63, 3.8) is 0 Å². The van der Waals surface area contributed by atoms with E-state index in [0.29, 0.717) is 13.1 Å². The average molecular weight is 226 g/mol. The molecule has 1 N–H and O–H groups in total. The lowest BCUT2D eigenvalue weighted by molar-refractivity contribution is -0.150. The summed E-state index contributed by atoms with van der Waals surface area (Å²) in [6.07, 6.45) is 3.04. The van der Waals surface area contributed by atoms with E-state index in [4.69, 9.17) is 0 Å². The molecule has 2 fully saturated rings. The Morgan fingerprint density at radius 2 is 1.94 bits per heavy atom. The largest absolute Gasteiger partial charge is 0.387 e. The first-order valence-electron chi connectivity index (χ1n) is 6.31. The summed E-state index contributed by atoms with van der Waals surface area (Å²) in [5.74, 6) is 0.232. The van der Waals surface area contributed by atoms with Crippen LogP contribution in [0.3, 0.4) is 0 Å². The summed E-state index contributed by atoms with van der Waals surface area (Å²) in [4.78, 5) is 16.1. The van der Waals surface area contributed by atoms with Gasteiger partial charge in [0.25, 0.3) is 0 Å². The molecule has 92 valence electrons. The Balaban J connectivity index is 1.84. The Hall–Kier alpha value is -0.610. The SMILES string of the molecule is CCC1(O)CN(C(C)C(=O)N2CCCC2)C1. The highest BCUT2D eigenvalue weighted by Crippen LogP contribution is 2.27. The summed E-state index contributed by atoms with van der Waals surface area (Å²) in [5.41, 5.74) is -0.542. The van der Waals surface area contributed by atoms with Gasteiger partial charge in [0.15, 0.2) is 0 Å². The maximum atomic E-state index is 12.1. The number of carbonyl (C=O) groups excluding carboxylic acids is 1. The highest BCUT2D eigenvalue weighted by Gasteiger charge is 2.43. The normalized spacial score (nSPS) is 26.6. The van der Waals surface area contributed by atoms with Gasteiger partial charge in [0, 0.05) is 26.2 Å². The summed E-state index contributed by atoms with van der Waals surface area (Å²) in [6, 6.07) is -0.0649. The van der Waals surface area contributed by atoms with Crippen molar-refractivity contribution >= 4 is 5.91 Å². The number of rotatable bonds is 3. The number of likely N-dealkylation sites (tertiary alicyclic amines) is 2. The van der Waals surface area contributed by atoms with Crippen LogP contribution in [0.5, 0.6) is 0 Å². The van der Waals surface area contributed by atoms with Crippen LogP contribution < -0.4 is 0 Å². The minimum absolute atomic E-state index is 0.0649. The van der Waals surface area contributed by atoms with Crippen molar-refractivity contribution in [1.29, 1.82) is 0 Å². The van der Waals surface area contributed by atoms with Crippen molar-refractivity contribution in [1.82, 2.24) is 9.80 Å². The minimum atomic E-state index is -0.542. The third-order valence-corrected chi connectivity index (χ3v) is 3.98. The zero-order valence-electron chi connectivity index (χ0n) is 10.3. The lowest BCUT2D eigenvalue weighted by Crippen LogP contribution is -2.66. The lowest BCUT2D eigenvalue weighted by atomic mass is 9.89. The van der Waals surface area contributed by atoms with E-state index >= 15 is 0 Å². The molecular weight excluding hydrogens is 204 g/mol. The van der Waals surface area contributed by atoms with Crippen LogP contribution in [0.4, 0.5) is 0 Å². The predicted octanol–water partition coefficient (Wildman–Crippen LogP) is 0.454. The molecule has 0 aromatic carbocycles. The van der Waals surface area contributed by atoms with Gasteiger partial charge >= 0.3 is 0 Å². The van der Waals surface area contributed by atoms with Crippen molar-refractivity contribution in [2.75, 3.05) is 26.2 Å². The molecule has 0 bridgehead atoms. The molecule has 0 saturated carbocycles. The molecular formula is C12H22N2O2. The number of aliphatic hydroxyl groups is 1. The first-order valence-corrected chi connectivity index (χ1v) is 6.31. The van der Waals surface area contributed by atoms with Gasteiger partial charge in [-0.15, -0.1) is 0 Å². The molecule has 2 heterocycles. The van der Waals surface area contributed by atoms with Gasteiger partial charge in [-0.05, 0) is 26.2 Å². The van der Waals surface area contributed by atoms with Gasteiger partial charge in [-0.3, -0.25) is 9.69 Å². The molecule has 1 atom stereocenters.